The Hall–Kier alpha value is -1.16. The van der Waals surface area contributed by atoms with Gasteiger partial charge >= 0.3 is 11.9 Å². The molecule has 1 fully saturated rings. The highest BCUT2D eigenvalue weighted by Crippen LogP contribution is 2.32. The van der Waals surface area contributed by atoms with E-state index >= 15 is 0 Å². The topological polar surface area (TPSA) is 74.9 Å². The average molecular weight is 170 g/mol. The van der Waals surface area contributed by atoms with Crippen LogP contribution < -0.4 is 0 Å². The van der Waals surface area contributed by atoms with Crippen LogP contribution in [0.5, 0.6) is 0 Å². The maximum absolute atomic E-state index is 10.9. The first-order valence-corrected chi connectivity index (χ1v) is 3.71. The molecule has 0 aromatic rings. The minimum absolute atomic E-state index is 0. The zero-order valence-electron chi connectivity index (χ0n) is 6.45. The van der Waals surface area contributed by atoms with E-state index in [1.165, 1.54) is 0 Å². The molecule has 4 heteroatoms. The zero-order chi connectivity index (χ0) is 7.84. The number of esters is 2. The van der Waals surface area contributed by atoms with Gasteiger partial charge in [-0.15, -0.1) is 0 Å². The summed E-state index contributed by atoms with van der Waals surface area (Å²) in [7, 11) is 0. The van der Waals surface area contributed by atoms with Gasteiger partial charge in [-0.2, -0.15) is 0 Å². The number of allylic oxidation sites excluding steroid dienone is 1. The summed E-state index contributed by atoms with van der Waals surface area (Å²) in [5, 5.41) is 0. The third-order valence-corrected chi connectivity index (χ3v) is 2.20. The summed E-state index contributed by atoms with van der Waals surface area (Å²) in [5.41, 5.74) is 0. The van der Waals surface area contributed by atoms with E-state index in [1.807, 2.05) is 6.08 Å². The number of hydrogen-bond acceptors (Lipinski definition) is 3. The highest BCUT2D eigenvalue weighted by atomic mass is 16.6. The van der Waals surface area contributed by atoms with Crippen LogP contribution in [0.25, 0.3) is 0 Å². The molecule has 2 N–H and O–H groups in total. The van der Waals surface area contributed by atoms with E-state index in [4.69, 9.17) is 0 Å². The molecule has 12 heavy (non-hydrogen) atoms. The number of fused-ring (bicyclic) bond motifs is 1. The summed E-state index contributed by atoms with van der Waals surface area (Å²) in [6, 6.07) is 0. The van der Waals surface area contributed by atoms with E-state index in [0.717, 1.165) is 12.8 Å². The lowest BCUT2D eigenvalue weighted by molar-refractivity contribution is -0.153. The van der Waals surface area contributed by atoms with E-state index < -0.39 is 0 Å². The van der Waals surface area contributed by atoms with Crippen LogP contribution in [-0.2, 0) is 14.3 Å². The molecule has 1 saturated heterocycles. The molecule has 0 amide bonds. The maximum Gasteiger partial charge on any atom is 0.321 e. The lowest BCUT2D eigenvalue weighted by Crippen LogP contribution is -2.17. The van der Waals surface area contributed by atoms with Crippen molar-refractivity contribution in [1.82, 2.24) is 0 Å². The van der Waals surface area contributed by atoms with Crippen LogP contribution in [0.1, 0.15) is 12.8 Å². The molecule has 0 aromatic heterocycles. The van der Waals surface area contributed by atoms with Crippen LogP contribution in [0.4, 0.5) is 0 Å². The Morgan fingerprint density at radius 3 is 2.75 bits per heavy atom. The molecular weight excluding hydrogens is 160 g/mol. The third kappa shape index (κ3) is 1.14. The van der Waals surface area contributed by atoms with Gasteiger partial charge < -0.3 is 10.2 Å². The van der Waals surface area contributed by atoms with Crippen molar-refractivity contribution < 1.29 is 19.8 Å². The Balaban J connectivity index is 0.000000720. The molecule has 0 radical (unpaired) electrons. The fourth-order valence-corrected chi connectivity index (χ4v) is 1.58. The summed E-state index contributed by atoms with van der Waals surface area (Å²) < 4.78 is 4.48. The number of ether oxygens (including phenoxy) is 1. The van der Waals surface area contributed by atoms with Crippen molar-refractivity contribution in [2.24, 2.45) is 11.8 Å². The number of cyclic esters (lactones) is 2. The molecule has 1 aliphatic carbocycles. The van der Waals surface area contributed by atoms with E-state index in [9.17, 15) is 9.59 Å². The monoisotopic (exact) mass is 170 g/mol. The Morgan fingerprint density at radius 1 is 1.33 bits per heavy atom. The second kappa shape index (κ2) is 3.06. The van der Waals surface area contributed by atoms with Crippen LogP contribution in [0.15, 0.2) is 12.2 Å². The van der Waals surface area contributed by atoms with E-state index in [-0.39, 0.29) is 29.3 Å². The van der Waals surface area contributed by atoms with Crippen molar-refractivity contribution in [2.75, 3.05) is 0 Å². The number of hydrogen-bond donors (Lipinski definition) is 0. The number of carbonyl (C=O) groups is 2. The molecule has 4 nitrogen and oxygen atoms in total. The second-order valence-corrected chi connectivity index (χ2v) is 2.88. The van der Waals surface area contributed by atoms with Crippen LogP contribution in [-0.4, -0.2) is 17.4 Å². The van der Waals surface area contributed by atoms with Crippen molar-refractivity contribution in [3.05, 3.63) is 12.2 Å². The Kier molecular flexibility index (Phi) is 2.28. The molecule has 1 heterocycles. The summed E-state index contributed by atoms with van der Waals surface area (Å²) in [6.45, 7) is 0. The maximum atomic E-state index is 10.9. The van der Waals surface area contributed by atoms with E-state index in [2.05, 4.69) is 4.74 Å². The summed E-state index contributed by atoms with van der Waals surface area (Å²) in [6.07, 6.45) is 5.34. The van der Waals surface area contributed by atoms with Crippen LogP contribution in [0, 0.1) is 11.8 Å². The Labute approximate surface area is 69.5 Å². The molecular formula is C8H10O4. The molecule has 0 bridgehead atoms. The van der Waals surface area contributed by atoms with Gasteiger partial charge in [0.15, 0.2) is 0 Å². The lowest BCUT2D eigenvalue weighted by atomic mass is 9.86. The van der Waals surface area contributed by atoms with Crippen LogP contribution in [0.2, 0.25) is 0 Å². The summed E-state index contributed by atoms with van der Waals surface area (Å²) in [5.74, 6) is -1.19. The normalized spacial score (nSPS) is 32.3. The van der Waals surface area contributed by atoms with Gasteiger partial charge in [-0.1, -0.05) is 12.2 Å². The minimum Gasteiger partial charge on any atom is -0.412 e. The lowest BCUT2D eigenvalue weighted by Gasteiger charge is -2.12. The van der Waals surface area contributed by atoms with E-state index in [0.29, 0.717) is 0 Å². The highest BCUT2D eigenvalue weighted by Gasteiger charge is 2.43. The number of rotatable bonds is 0. The van der Waals surface area contributed by atoms with Gasteiger partial charge in [-0.25, -0.2) is 0 Å². The van der Waals surface area contributed by atoms with Gasteiger partial charge in [0.1, 0.15) is 0 Å². The van der Waals surface area contributed by atoms with Gasteiger partial charge in [0.05, 0.1) is 11.8 Å². The predicted molar refractivity (Wildman–Crippen MR) is 40.1 cm³/mol. The zero-order valence-corrected chi connectivity index (χ0v) is 6.45. The quantitative estimate of drug-likeness (QED) is 0.287. The van der Waals surface area contributed by atoms with Crippen LogP contribution in [0.3, 0.4) is 0 Å². The molecule has 2 unspecified atom stereocenters. The second-order valence-electron chi connectivity index (χ2n) is 2.88. The summed E-state index contributed by atoms with van der Waals surface area (Å²) >= 11 is 0. The first kappa shape index (κ1) is 8.93. The predicted octanol–water partition coefficient (Wildman–Crippen LogP) is -0.173. The van der Waals surface area contributed by atoms with Gasteiger partial charge in [0, 0.05) is 0 Å². The van der Waals surface area contributed by atoms with Gasteiger partial charge in [-0.3, -0.25) is 9.59 Å². The molecule has 2 aliphatic rings. The molecule has 66 valence electrons. The number of carbonyl (C=O) groups excluding carboxylic acids is 2. The SMILES string of the molecule is O.O=C1OC(=O)C2CCC=CC12. The van der Waals surface area contributed by atoms with Crippen molar-refractivity contribution in [2.45, 2.75) is 12.8 Å². The van der Waals surface area contributed by atoms with Crippen LogP contribution >= 0.6 is 0 Å². The Morgan fingerprint density at radius 2 is 2.08 bits per heavy atom. The average Bonchev–Trinajstić information content (AvgIpc) is 2.30. The standard InChI is InChI=1S/C8H8O3.H2O/c9-7-5-3-1-2-4-6(5)8(10)11-7;/h1,3,5-6H,2,4H2;1H2. The highest BCUT2D eigenvalue weighted by molar-refractivity contribution is 5.97. The first-order chi connectivity index (χ1) is 5.29. The first-order valence-electron chi connectivity index (χ1n) is 3.71. The largest absolute Gasteiger partial charge is 0.412 e. The van der Waals surface area contributed by atoms with Gasteiger partial charge in [-0.05, 0) is 12.8 Å². The van der Waals surface area contributed by atoms with E-state index in [1.54, 1.807) is 6.08 Å². The molecule has 0 aromatic carbocycles. The molecule has 0 spiro atoms. The van der Waals surface area contributed by atoms with Crippen molar-refractivity contribution in [3.63, 3.8) is 0 Å². The fourth-order valence-electron chi connectivity index (χ4n) is 1.58. The minimum atomic E-state index is -0.379. The smallest absolute Gasteiger partial charge is 0.321 e. The third-order valence-electron chi connectivity index (χ3n) is 2.20. The Bertz CT molecular complexity index is 243. The molecule has 1 aliphatic heterocycles. The molecule has 2 atom stereocenters. The molecule has 0 saturated carbocycles. The van der Waals surface area contributed by atoms with Crippen molar-refractivity contribution in [1.29, 1.82) is 0 Å². The molecule has 2 rings (SSSR count). The van der Waals surface area contributed by atoms with Crippen molar-refractivity contribution >= 4 is 11.9 Å². The van der Waals surface area contributed by atoms with Gasteiger partial charge in [0.25, 0.3) is 0 Å². The van der Waals surface area contributed by atoms with Gasteiger partial charge in [0.2, 0.25) is 0 Å². The fraction of sp³-hybridized carbons (Fsp3) is 0.500. The summed E-state index contributed by atoms with van der Waals surface area (Å²) in [4.78, 5) is 21.9. The van der Waals surface area contributed by atoms with Crippen molar-refractivity contribution in [3.8, 4) is 0 Å².